The van der Waals surface area contributed by atoms with Gasteiger partial charge in [-0.2, -0.15) is 0 Å². The van der Waals surface area contributed by atoms with Gasteiger partial charge < -0.3 is 4.90 Å². The highest BCUT2D eigenvalue weighted by atomic mass is 35.5. The second kappa shape index (κ2) is 10.4. The summed E-state index contributed by atoms with van der Waals surface area (Å²) in [6.07, 6.45) is 0.761. The molecule has 1 atom stereocenters. The Morgan fingerprint density at radius 2 is 1.63 bits per heavy atom. The van der Waals surface area contributed by atoms with Crippen molar-refractivity contribution in [3.8, 4) is 5.69 Å². The van der Waals surface area contributed by atoms with Crippen molar-refractivity contribution in [3.05, 3.63) is 105 Å². The van der Waals surface area contributed by atoms with Crippen molar-refractivity contribution in [2.45, 2.75) is 40.2 Å². The number of aromatic nitrogens is 2. The maximum absolute atomic E-state index is 13.9. The first-order valence-electron chi connectivity index (χ1n) is 12.0. The summed E-state index contributed by atoms with van der Waals surface area (Å²) in [4.78, 5) is 34.3. The van der Waals surface area contributed by atoms with Crippen LogP contribution in [0.15, 0.2) is 77.6 Å². The summed E-state index contributed by atoms with van der Waals surface area (Å²) in [6, 6.07) is 21.8. The van der Waals surface area contributed by atoms with Crippen molar-refractivity contribution in [2.75, 3.05) is 6.54 Å². The van der Waals surface area contributed by atoms with Gasteiger partial charge in [-0.05, 0) is 55.2 Å². The van der Waals surface area contributed by atoms with E-state index in [-0.39, 0.29) is 17.4 Å². The molecule has 0 aliphatic rings. The number of carbonyl (C=O) groups excluding carboxylic acids is 1. The number of para-hydroxylation sites is 2. The number of rotatable bonds is 7. The van der Waals surface area contributed by atoms with Crippen LogP contribution >= 0.6 is 11.6 Å². The molecular formula is C29H30ClN3O2. The molecule has 1 unspecified atom stereocenters. The standard InChI is InChI=1S/C29H30ClN3O2/c1-5-21-12-6-11-17-26(21)33-27(31-25-16-10-8-14-23(25)29(33)35)20(4)32(18-19(2)3)28(34)22-13-7-9-15-24(22)30/h6-17,19-20H,5,18H2,1-4H3. The first-order valence-corrected chi connectivity index (χ1v) is 12.4. The van der Waals surface area contributed by atoms with Crippen molar-refractivity contribution in [1.29, 1.82) is 0 Å². The Hall–Kier alpha value is -3.44. The Morgan fingerprint density at radius 1 is 0.971 bits per heavy atom. The third kappa shape index (κ3) is 4.87. The zero-order chi connectivity index (χ0) is 25.1. The second-order valence-corrected chi connectivity index (χ2v) is 9.52. The molecule has 4 aromatic rings. The molecule has 1 aromatic heterocycles. The molecule has 3 aromatic carbocycles. The Labute approximate surface area is 211 Å². The fraction of sp³-hybridized carbons (Fsp3) is 0.276. The summed E-state index contributed by atoms with van der Waals surface area (Å²) < 4.78 is 1.68. The minimum atomic E-state index is -0.483. The fourth-order valence-corrected chi connectivity index (χ4v) is 4.65. The van der Waals surface area contributed by atoms with Crippen LogP contribution in [-0.2, 0) is 6.42 Å². The van der Waals surface area contributed by atoms with E-state index in [9.17, 15) is 9.59 Å². The molecule has 0 aliphatic carbocycles. The summed E-state index contributed by atoms with van der Waals surface area (Å²) in [5.41, 5.74) is 2.72. The van der Waals surface area contributed by atoms with Crippen molar-refractivity contribution < 1.29 is 4.79 Å². The van der Waals surface area contributed by atoms with E-state index in [0.29, 0.717) is 33.9 Å². The average molecular weight is 488 g/mol. The predicted octanol–water partition coefficient (Wildman–Crippen LogP) is 6.46. The Morgan fingerprint density at radius 3 is 2.34 bits per heavy atom. The summed E-state index contributed by atoms with van der Waals surface area (Å²) in [5, 5.41) is 0.945. The summed E-state index contributed by atoms with van der Waals surface area (Å²) in [5.74, 6) is 0.539. The molecule has 0 saturated carbocycles. The smallest absolute Gasteiger partial charge is 0.266 e. The maximum atomic E-state index is 13.9. The quantitative estimate of drug-likeness (QED) is 0.300. The Bertz CT molecular complexity index is 1430. The van der Waals surface area contributed by atoms with Crippen LogP contribution in [0.2, 0.25) is 5.02 Å². The van der Waals surface area contributed by atoms with Crippen molar-refractivity contribution in [1.82, 2.24) is 14.5 Å². The lowest BCUT2D eigenvalue weighted by Crippen LogP contribution is -2.39. The van der Waals surface area contributed by atoms with Crippen LogP contribution in [0.3, 0.4) is 0 Å². The zero-order valence-corrected chi connectivity index (χ0v) is 21.3. The molecule has 1 amide bonds. The lowest BCUT2D eigenvalue weighted by atomic mass is 10.1. The topological polar surface area (TPSA) is 55.2 Å². The number of benzene rings is 3. The van der Waals surface area contributed by atoms with Gasteiger partial charge in [0, 0.05) is 6.54 Å². The lowest BCUT2D eigenvalue weighted by Gasteiger charge is -2.32. The Balaban J connectivity index is 1.96. The molecule has 0 radical (unpaired) electrons. The van der Waals surface area contributed by atoms with E-state index in [1.807, 2.05) is 49.4 Å². The Kier molecular flexibility index (Phi) is 7.37. The monoisotopic (exact) mass is 487 g/mol. The first-order chi connectivity index (χ1) is 16.8. The van der Waals surface area contributed by atoms with Crippen LogP contribution in [0.1, 0.15) is 55.5 Å². The molecule has 6 heteroatoms. The molecule has 4 rings (SSSR count). The van der Waals surface area contributed by atoms with Gasteiger partial charge in [-0.25, -0.2) is 4.98 Å². The van der Waals surface area contributed by atoms with Gasteiger partial charge in [-0.3, -0.25) is 14.2 Å². The van der Waals surface area contributed by atoms with E-state index >= 15 is 0 Å². The van der Waals surface area contributed by atoms with Gasteiger partial charge in [-0.15, -0.1) is 0 Å². The number of nitrogens with zero attached hydrogens (tertiary/aromatic N) is 3. The van der Waals surface area contributed by atoms with Crippen molar-refractivity contribution in [2.24, 2.45) is 5.92 Å². The van der Waals surface area contributed by atoms with Crippen molar-refractivity contribution in [3.63, 3.8) is 0 Å². The molecule has 5 nitrogen and oxygen atoms in total. The molecule has 0 bridgehead atoms. The number of halogens is 1. The highest BCUT2D eigenvalue weighted by Crippen LogP contribution is 2.28. The number of carbonyl (C=O) groups is 1. The van der Waals surface area contributed by atoms with Crippen molar-refractivity contribution >= 4 is 28.4 Å². The number of hydrogen-bond acceptors (Lipinski definition) is 3. The molecular weight excluding hydrogens is 458 g/mol. The maximum Gasteiger partial charge on any atom is 0.266 e. The molecule has 0 fully saturated rings. The highest BCUT2D eigenvalue weighted by molar-refractivity contribution is 6.33. The average Bonchev–Trinajstić information content (AvgIpc) is 2.86. The van der Waals surface area contributed by atoms with Gasteiger partial charge >= 0.3 is 0 Å². The summed E-state index contributed by atoms with van der Waals surface area (Å²) in [7, 11) is 0. The van der Waals surface area contributed by atoms with Crippen LogP contribution in [0.25, 0.3) is 16.6 Å². The second-order valence-electron chi connectivity index (χ2n) is 9.12. The van der Waals surface area contributed by atoms with E-state index in [4.69, 9.17) is 16.6 Å². The normalized spacial score (nSPS) is 12.2. The number of hydrogen-bond donors (Lipinski definition) is 0. The molecule has 0 saturated heterocycles. The van der Waals surface area contributed by atoms with Crippen LogP contribution < -0.4 is 5.56 Å². The summed E-state index contributed by atoms with van der Waals surface area (Å²) >= 11 is 6.40. The largest absolute Gasteiger partial charge is 0.328 e. The third-order valence-corrected chi connectivity index (χ3v) is 6.51. The molecule has 0 spiro atoms. The summed E-state index contributed by atoms with van der Waals surface area (Å²) in [6.45, 7) is 8.61. The van der Waals surface area contributed by atoms with Gasteiger partial charge in [0.2, 0.25) is 0 Å². The highest BCUT2D eigenvalue weighted by Gasteiger charge is 2.29. The molecule has 0 N–H and O–H groups in total. The van der Waals surface area contributed by atoms with E-state index in [1.54, 1.807) is 39.8 Å². The SMILES string of the molecule is CCc1ccccc1-n1c(C(C)N(CC(C)C)C(=O)c2ccccc2Cl)nc2ccccc2c1=O. The minimum absolute atomic E-state index is 0.145. The van der Waals surface area contributed by atoms with Gasteiger partial charge in [0.1, 0.15) is 5.82 Å². The predicted molar refractivity (Wildman–Crippen MR) is 142 cm³/mol. The molecule has 35 heavy (non-hydrogen) atoms. The molecule has 0 aliphatic heterocycles. The number of aryl methyl sites for hydroxylation is 1. The van der Waals surface area contributed by atoms with Crippen LogP contribution in [0.4, 0.5) is 0 Å². The van der Waals surface area contributed by atoms with Crippen LogP contribution in [0.5, 0.6) is 0 Å². The van der Waals surface area contributed by atoms with Gasteiger partial charge in [0.25, 0.3) is 11.5 Å². The number of amides is 1. The van der Waals surface area contributed by atoms with Gasteiger partial charge in [0.15, 0.2) is 0 Å². The zero-order valence-electron chi connectivity index (χ0n) is 20.5. The number of fused-ring (bicyclic) bond motifs is 1. The van der Waals surface area contributed by atoms with E-state index in [2.05, 4.69) is 20.8 Å². The van der Waals surface area contributed by atoms with E-state index in [1.165, 1.54) is 0 Å². The van der Waals surface area contributed by atoms with Crippen LogP contribution in [0, 0.1) is 5.92 Å². The van der Waals surface area contributed by atoms with E-state index < -0.39 is 6.04 Å². The third-order valence-electron chi connectivity index (χ3n) is 6.18. The van der Waals surface area contributed by atoms with E-state index in [0.717, 1.165) is 17.7 Å². The molecule has 180 valence electrons. The van der Waals surface area contributed by atoms with Crippen LogP contribution in [-0.4, -0.2) is 26.9 Å². The van der Waals surface area contributed by atoms with Gasteiger partial charge in [-0.1, -0.05) is 74.8 Å². The first kappa shape index (κ1) is 24.7. The minimum Gasteiger partial charge on any atom is -0.328 e. The lowest BCUT2D eigenvalue weighted by molar-refractivity contribution is 0.0655. The van der Waals surface area contributed by atoms with Gasteiger partial charge in [0.05, 0.1) is 33.2 Å². The molecule has 1 heterocycles. The fourth-order valence-electron chi connectivity index (χ4n) is 4.43.